The van der Waals surface area contributed by atoms with Gasteiger partial charge in [0.1, 0.15) is 5.83 Å². The predicted octanol–water partition coefficient (Wildman–Crippen LogP) is 6.96. The van der Waals surface area contributed by atoms with Crippen molar-refractivity contribution in [3.8, 4) is 0 Å². The lowest BCUT2D eigenvalue weighted by atomic mass is 9.79. The van der Waals surface area contributed by atoms with Crippen molar-refractivity contribution in [2.24, 2.45) is 10.7 Å². The van der Waals surface area contributed by atoms with Gasteiger partial charge in [-0.25, -0.2) is 14.4 Å². The number of rotatable bonds is 5. The molecule has 0 aliphatic heterocycles. The molecule has 1 aliphatic carbocycles. The summed E-state index contributed by atoms with van der Waals surface area (Å²) in [6, 6.07) is 9.23. The van der Waals surface area contributed by atoms with Crippen LogP contribution in [0.4, 0.5) is 23.4 Å². The normalized spacial score (nSPS) is 15.7. The molecule has 31 heavy (non-hydrogen) atoms. The van der Waals surface area contributed by atoms with Gasteiger partial charge >= 0.3 is 6.18 Å². The minimum absolute atomic E-state index is 0.0977. The second kappa shape index (κ2) is 8.89. The molecule has 1 aliphatic rings. The van der Waals surface area contributed by atoms with Crippen LogP contribution in [0.5, 0.6) is 0 Å². The quantitative estimate of drug-likeness (QED) is 0.398. The van der Waals surface area contributed by atoms with E-state index >= 15 is 0 Å². The molecule has 3 rings (SSSR count). The maximum absolute atomic E-state index is 14.4. The van der Waals surface area contributed by atoms with E-state index in [1.54, 1.807) is 38.1 Å². The van der Waals surface area contributed by atoms with Crippen molar-refractivity contribution >= 4 is 34.5 Å². The van der Waals surface area contributed by atoms with E-state index < -0.39 is 17.7 Å². The highest BCUT2D eigenvalue weighted by atomic mass is 35.5. The van der Waals surface area contributed by atoms with Gasteiger partial charge < -0.3 is 5.73 Å². The molecule has 0 spiro atoms. The standard InChI is InChI=1S/C23H18ClF4N3/c1-3-19(25)14-7-6-8-18(24)21(14)16-11-15(13(16)2)17(12-29)22(23(26,27)28)31-20-9-4-5-10-30-20/h3-12H,29H2,1-2H3/b17-12?,19-3-,31-22?. The number of alkyl halides is 3. The third-order valence-electron chi connectivity index (χ3n) is 4.75. The van der Waals surface area contributed by atoms with Crippen LogP contribution in [-0.4, -0.2) is 16.9 Å². The molecule has 2 aromatic rings. The molecule has 0 saturated carbocycles. The van der Waals surface area contributed by atoms with Crippen molar-refractivity contribution in [2.75, 3.05) is 0 Å². The van der Waals surface area contributed by atoms with Gasteiger partial charge in [0.25, 0.3) is 0 Å². The van der Waals surface area contributed by atoms with Crippen molar-refractivity contribution in [1.29, 1.82) is 0 Å². The largest absolute Gasteiger partial charge is 0.434 e. The first-order valence-electron chi connectivity index (χ1n) is 9.22. The Morgan fingerprint density at radius 2 is 1.90 bits per heavy atom. The van der Waals surface area contributed by atoms with Crippen molar-refractivity contribution in [1.82, 2.24) is 4.98 Å². The minimum Gasteiger partial charge on any atom is -0.404 e. The average Bonchev–Trinajstić information content (AvgIpc) is 2.74. The summed E-state index contributed by atoms with van der Waals surface area (Å²) in [6.07, 6.45) is 0.231. The van der Waals surface area contributed by atoms with Gasteiger partial charge in [-0.2, -0.15) is 13.2 Å². The number of pyridine rings is 1. The fraction of sp³-hybridized carbons (Fsp3) is 0.130. The Morgan fingerprint density at radius 3 is 2.45 bits per heavy atom. The Balaban J connectivity index is 2.08. The van der Waals surface area contributed by atoms with E-state index in [1.807, 2.05) is 0 Å². The molecule has 1 aromatic heterocycles. The molecule has 160 valence electrons. The fourth-order valence-electron chi connectivity index (χ4n) is 3.23. The van der Waals surface area contributed by atoms with E-state index in [1.165, 1.54) is 30.5 Å². The number of nitrogens with zero attached hydrogens (tertiary/aromatic N) is 2. The van der Waals surface area contributed by atoms with Crippen LogP contribution in [0, 0.1) is 0 Å². The highest BCUT2D eigenvalue weighted by molar-refractivity contribution is 6.33. The van der Waals surface area contributed by atoms with E-state index in [9.17, 15) is 17.6 Å². The zero-order valence-electron chi connectivity index (χ0n) is 16.6. The van der Waals surface area contributed by atoms with Gasteiger partial charge in [0.05, 0.1) is 0 Å². The van der Waals surface area contributed by atoms with Crippen LogP contribution < -0.4 is 5.73 Å². The van der Waals surface area contributed by atoms with E-state index in [0.29, 0.717) is 16.7 Å². The third-order valence-corrected chi connectivity index (χ3v) is 5.06. The van der Waals surface area contributed by atoms with Gasteiger partial charge in [-0.3, -0.25) is 0 Å². The maximum atomic E-state index is 14.4. The summed E-state index contributed by atoms with van der Waals surface area (Å²) >= 11 is 6.30. The Morgan fingerprint density at radius 1 is 1.16 bits per heavy atom. The summed E-state index contributed by atoms with van der Waals surface area (Å²) in [5.41, 5.74) is 6.07. The number of allylic oxidation sites excluding steroid dienone is 6. The highest BCUT2D eigenvalue weighted by Crippen LogP contribution is 2.45. The molecule has 0 radical (unpaired) electrons. The Hall–Kier alpha value is -3.19. The van der Waals surface area contributed by atoms with Crippen LogP contribution in [-0.2, 0) is 0 Å². The third kappa shape index (κ3) is 4.46. The molecule has 0 unspecified atom stereocenters. The molecule has 1 aromatic carbocycles. The van der Waals surface area contributed by atoms with E-state index in [4.69, 9.17) is 17.3 Å². The van der Waals surface area contributed by atoms with Crippen molar-refractivity contribution < 1.29 is 17.6 Å². The molecule has 0 fully saturated rings. The number of hydrogen-bond acceptors (Lipinski definition) is 3. The van der Waals surface area contributed by atoms with Crippen LogP contribution in [0.3, 0.4) is 0 Å². The second-order valence-electron chi connectivity index (χ2n) is 6.62. The molecular weight excluding hydrogens is 430 g/mol. The van der Waals surface area contributed by atoms with Crippen LogP contribution >= 0.6 is 11.6 Å². The number of aliphatic imine (C=N–C) groups is 1. The molecular formula is C23H18ClF4N3. The molecule has 0 amide bonds. The first-order chi connectivity index (χ1) is 14.7. The predicted molar refractivity (Wildman–Crippen MR) is 117 cm³/mol. The Labute approximate surface area is 182 Å². The lowest BCUT2D eigenvalue weighted by Gasteiger charge is -2.27. The van der Waals surface area contributed by atoms with E-state index in [-0.39, 0.29) is 27.6 Å². The van der Waals surface area contributed by atoms with Crippen molar-refractivity contribution in [3.63, 3.8) is 0 Å². The molecule has 0 atom stereocenters. The van der Waals surface area contributed by atoms with E-state index in [0.717, 1.165) is 6.20 Å². The zero-order valence-corrected chi connectivity index (χ0v) is 17.4. The first-order valence-corrected chi connectivity index (χ1v) is 9.60. The van der Waals surface area contributed by atoms with Crippen LogP contribution in [0.2, 0.25) is 5.02 Å². The molecule has 8 heteroatoms. The molecule has 2 N–H and O–H groups in total. The highest BCUT2D eigenvalue weighted by Gasteiger charge is 2.41. The monoisotopic (exact) mass is 447 g/mol. The SMILES string of the molecule is C/C=C(\F)c1cccc(Cl)c1C1=CC(C(=CN)C(=Nc2ccccn2)C(F)(F)F)=C1C. The van der Waals surface area contributed by atoms with Crippen LogP contribution in [0.25, 0.3) is 11.4 Å². The van der Waals surface area contributed by atoms with E-state index in [2.05, 4.69) is 9.98 Å². The minimum atomic E-state index is -4.77. The van der Waals surface area contributed by atoms with Crippen LogP contribution in [0.1, 0.15) is 25.0 Å². The smallest absolute Gasteiger partial charge is 0.404 e. The summed E-state index contributed by atoms with van der Waals surface area (Å²) in [6.45, 7) is 3.17. The Kier molecular flexibility index (Phi) is 6.45. The summed E-state index contributed by atoms with van der Waals surface area (Å²) in [5.74, 6) is -0.582. The summed E-state index contributed by atoms with van der Waals surface area (Å²) in [4.78, 5) is 7.52. The number of aromatic nitrogens is 1. The second-order valence-corrected chi connectivity index (χ2v) is 7.03. The lowest BCUT2D eigenvalue weighted by molar-refractivity contribution is -0.0581. The molecule has 0 saturated heterocycles. The summed E-state index contributed by atoms with van der Waals surface area (Å²) in [5, 5.41) is 0.288. The number of hydrogen-bond donors (Lipinski definition) is 1. The van der Waals surface area contributed by atoms with Gasteiger partial charge in [-0.15, -0.1) is 0 Å². The Bertz CT molecular complexity index is 1160. The van der Waals surface area contributed by atoms with Gasteiger partial charge in [-0.1, -0.05) is 35.9 Å². The van der Waals surface area contributed by atoms with Gasteiger partial charge in [-0.05, 0) is 54.8 Å². The van der Waals surface area contributed by atoms with Crippen LogP contribution in [0.15, 0.2) is 82.7 Å². The number of nitrogens with two attached hydrogens (primary N) is 1. The topological polar surface area (TPSA) is 51.3 Å². The first kappa shape index (κ1) is 22.5. The summed E-state index contributed by atoms with van der Waals surface area (Å²) < 4.78 is 55.8. The van der Waals surface area contributed by atoms with Gasteiger partial charge in [0.2, 0.25) is 0 Å². The lowest BCUT2D eigenvalue weighted by Crippen LogP contribution is -2.27. The molecule has 0 bridgehead atoms. The van der Waals surface area contributed by atoms with Gasteiger partial charge in [0.15, 0.2) is 11.5 Å². The average molecular weight is 448 g/mol. The van der Waals surface area contributed by atoms with Crippen molar-refractivity contribution in [2.45, 2.75) is 20.0 Å². The fourth-order valence-corrected chi connectivity index (χ4v) is 3.50. The van der Waals surface area contributed by atoms with Gasteiger partial charge in [0, 0.05) is 34.1 Å². The molecule has 3 nitrogen and oxygen atoms in total. The molecule has 1 heterocycles. The zero-order chi connectivity index (χ0) is 22.8. The number of halogens is 5. The summed E-state index contributed by atoms with van der Waals surface area (Å²) in [7, 11) is 0. The number of benzene rings is 1. The van der Waals surface area contributed by atoms with Crippen molar-refractivity contribution in [3.05, 3.63) is 93.8 Å². The maximum Gasteiger partial charge on any atom is 0.434 e.